The molecular formula is C10H17N3O. The standard InChI is InChI=1S/C10H17N3O/c1-8-4-9(2-3-14-8)5-12-10-6-11-7-13-10/h6-9,12H,2-5H2,1H3,(H,11,13). The fourth-order valence-corrected chi connectivity index (χ4v) is 1.88. The number of nitrogens with one attached hydrogen (secondary N) is 2. The van der Waals surface area contributed by atoms with E-state index in [4.69, 9.17) is 4.74 Å². The highest BCUT2D eigenvalue weighted by Crippen LogP contribution is 2.19. The lowest BCUT2D eigenvalue weighted by atomic mass is 9.96. The largest absolute Gasteiger partial charge is 0.378 e. The Balaban J connectivity index is 1.75. The highest BCUT2D eigenvalue weighted by atomic mass is 16.5. The average Bonchev–Trinajstić information content (AvgIpc) is 2.67. The Morgan fingerprint density at radius 1 is 1.71 bits per heavy atom. The molecule has 2 heterocycles. The number of aromatic amines is 1. The fraction of sp³-hybridized carbons (Fsp3) is 0.700. The molecule has 0 radical (unpaired) electrons. The summed E-state index contributed by atoms with van der Waals surface area (Å²) in [6.45, 7) is 4.05. The maximum atomic E-state index is 5.50. The van der Waals surface area contributed by atoms with Crippen LogP contribution >= 0.6 is 0 Å². The third-order valence-corrected chi connectivity index (χ3v) is 2.67. The van der Waals surface area contributed by atoms with Gasteiger partial charge in [-0.2, -0.15) is 0 Å². The minimum absolute atomic E-state index is 0.414. The van der Waals surface area contributed by atoms with Crippen LogP contribution in [0.15, 0.2) is 12.5 Å². The molecule has 1 aromatic heterocycles. The van der Waals surface area contributed by atoms with Gasteiger partial charge in [-0.05, 0) is 25.7 Å². The summed E-state index contributed by atoms with van der Waals surface area (Å²) in [7, 11) is 0. The first-order chi connectivity index (χ1) is 6.84. The molecule has 0 saturated carbocycles. The van der Waals surface area contributed by atoms with Crippen molar-refractivity contribution in [3.05, 3.63) is 12.5 Å². The van der Waals surface area contributed by atoms with Crippen molar-refractivity contribution >= 4 is 5.82 Å². The molecule has 2 atom stereocenters. The van der Waals surface area contributed by atoms with E-state index in [-0.39, 0.29) is 0 Å². The predicted molar refractivity (Wildman–Crippen MR) is 55.2 cm³/mol. The van der Waals surface area contributed by atoms with Crippen LogP contribution in [0.5, 0.6) is 0 Å². The normalized spacial score (nSPS) is 27.5. The Morgan fingerprint density at radius 3 is 3.36 bits per heavy atom. The van der Waals surface area contributed by atoms with E-state index in [0.29, 0.717) is 6.10 Å². The van der Waals surface area contributed by atoms with Crippen LogP contribution < -0.4 is 5.32 Å². The van der Waals surface area contributed by atoms with Crippen LogP contribution in [-0.2, 0) is 4.74 Å². The Kier molecular flexibility index (Phi) is 3.03. The number of imidazole rings is 1. The Morgan fingerprint density at radius 2 is 2.64 bits per heavy atom. The first-order valence-corrected chi connectivity index (χ1v) is 5.18. The molecule has 0 aliphatic carbocycles. The van der Waals surface area contributed by atoms with E-state index in [0.717, 1.165) is 37.7 Å². The fourth-order valence-electron chi connectivity index (χ4n) is 1.88. The van der Waals surface area contributed by atoms with E-state index in [1.807, 2.05) is 6.20 Å². The number of anilines is 1. The van der Waals surface area contributed by atoms with Crippen molar-refractivity contribution in [3.8, 4) is 0 Å². The van der Waals surface area contributed by atoms with Crippen molar-refractivity contribution in [2.75, 3.05) is 18.5 Å². The minimum atomic E-state index is 0.414. The summed E-state index contributed by atoms with van der Waals surface area (Å²) in [4.78, 5) is 6.99. The van der Waals surface area contributed by atoms with Crippen LogP contribution in [0.25, 0.3) is 0 Å². The molecule has 0 amide bonds. The van der Waals surface area contributed by atoms with E-state index in [1.54, 1.807) is 6.33 Å². The van der Waals surface area contributed by atoms with E-state index in [1.165, 1.54) is 0 Å². The molecule has 2 unspecified atom stereocenters. The minimum Gasteiger partial charge on any atom is -0.378 e. The van der Waals surface area contributed by atoms with E-state index >= 15 is 0 Å². The van der Waals surface area contributed by atoms with Gasteiger partial charge in [0.1, 0.15) is 5.82 Å². The van der Waals surface area contributed by atoms with Gasteiger partial charge in [0.25, 0.3) is 0 Å². The van der Waals surface area contributed by atoms with Gasteiger partial charge in [0.2, 0.25) is 0 Å². The summed E-state index contributed by atoms with van der Waals surface area (Å²) in [5.74, 6) is 1.73. The summed E-state index contributed by atoms with van der Waals surface area (Å²) in [6.07, 6.45) is 6.22. The monoisotopic (exact) mass is 195 g/mol. The molecule has 1 fully saturated rings. The number of hydrogen-bond donors (Lipinski definition) is 2. The zero-order valence-corrected chi connectivity index (χ0v) is 8.49. The van der Waals surface area contributed by atoms with Gasteiger partial charge < -0.3 is 15.0 Å². The number of nitrogens with zero attached hydrogens (tertiary/aromatic N) is 1. The van der Waals surface area contributed by atoms with Crippen LogP contribution in [0.4, 0.5) is 5.82 Å². The molecule has 14 heavy (non-hydrogen) atoms. The van der Waals surface area contributed by atoms with Gasteiger partial charge in [0.05, 0.1) is 18.6 Å². The Labute approximate surface area is 84.1 Å². The molecule has 0 bridgehead atoms. The summed E-state index contributed by atoms with van der Waals surface area (Å²) < 4.78 is 5.50. The van der Waals surface area contributed by atoms with Crippen LogP contribution in [0.3, 0.4) is 0 Å². The van der Waals surface area contributed by atoms with Crippen LogP contribution in [0.2, 0.25) is 0 Å². The van der Waals surface area contributed by atoms with Gasteiger partial charge in [0.15, 0.2) is 0 Å². The molecule has 4 nitrogen and oxygen atoms in total. The molecule has 1 aliphatic heterocycles. The summed E-state index contributed by atoms with van der Waals surface area (Å²) in [5, 5.41) is 3.34. The van der Waals surface area contributed by atoms with E-state index in [9.17, 15) is 0 Å². The van der Waals surface area contributed by atoms with Gasteiger partial charge in [-0.1, -0.05) is 0 Å². The van der Waals surface area contributed by atoms with Crippen molar-refractivity contribution in [2.24, 2.45) is 5.92 Å². The molecule has 1 aromatic rings. The zero-order chi connectivity index (χ0) is 9.80. The molecular weight excluding hydrogens is 178 g/mol. The molecule has 0 spiro atoms. The highest BCUT2D eigenvalue weighted by molar-refractivity contribution is 5.30. The number of H-pyrrole nitrogens is 1. The summed E-state index contributed by atoms with van der Waals surface area (Å²) in [6, 6.07) is 0. The lowest BCUT2D eigenvalue weighted by molar-refractivity contribution is 0.00557. The second-order valence-corrected chi connectivity index (χ2v) is 3.92. The smallest absolute Gasteiger partial charge is 0.123 e. The molecule has 2 rings (SSSR count). The maximum Gasteiger partial charge on any atom is 0.123 e. The zero-order valence-electron chi connectivity index (χ0n) is 8.49. The van der Waals surface area contributed by atoms with Gasteiger partial charge in [-0.25, -0.2) is 4.98 Å². The predicted octanol–water partition coefficient (Wildman–Crippen LogP) is 1.64. The molecule has 1 aliphatic rings. The first-order valence-electron chi connectivity index (χ1n) is 5.18. The van der Waals surface area contributed by atoms with Crippen molar-refractivity contribution in [2.45, 2.75) is 25.9 Å². The molecule has 4 heteroatoms. The molecule has 78 valence electrons. The molecule has 2 N–H and O–H groups in total. The highest BCUT2D eigenvalue weighted by Gasteiger charge is 2.18. The second-order valence-electron chi connectivity index (χ2n) is 3.92. The lowest BCUT2D eigenvalue weighted by Gasteiger charge is -2.27. The van der Waals surface area contributed by atoms with Crippen molar-refractivity contribution in [1.82, 2.24) is 9.97 Å². The van der Waals surface area contributed by atoms with Crippen molar-refractivity contribution < 1.29 is 4.74 Å². The van der Waals surface area contributed by atoms with Crippen molar-refractivity contribution in [3.63, 3.8) is 0 Å². The maximum absolute atomic E-state index is 5.50. The number of hydrogen-bond acceptors (Lipinski definition) is 3. The quantitative estimate of drug-likeness (QED) is 0.770. The number of aromatic nitrogens is 2. The SMILES string of the molecule is CC1CC(CNc2cnc[nH]2)CCO1. The number of ether oxygens (including phenoxy) is 1. The molecule has 0 aromatic carbocycles. The van der Waals surface area contributed by atoms with Gasteiger partial charge >= 0.3 is 0 Å². The first kappa shape index (κ1) is 9.52. The molecule has 1 saturated heterocycles. The number of rotatable bonds is 3. The second kappa shape index (κ2) is 4.46. The topological polar surface area (TPSA) is 49.9 Å². The van der Waals surface area contributed by atoms with Gasteiger partial charge in [-0.3, -0.25) is 0 Å². The van der Waals surface area contributed by atoms with Gasteiger partial charge in [0, 0.05) is 13.2 Å². The summed E-state index contributed by atoms with van der Waals surface area (Å²) >= 11 is 0. The van der Waals surface area contributed by atoms with E-state index in [2.05, 4.69) is 22.2 Å². The van der Waals surface area contributed by atoms with Gasteiger partial charge in [-0.15, -0.1) is 0 Å². The van der Waals surface area contributed by atoms with Crippen LogP contribution in [0.1, 0.15) is 19.8 Å². The third kappa shape index (κ3) is 2.48. The Hall–Kier alpha value is -1.03. The van der Waals surface area contributed by atoms with Crippen molar-refractivity contribution in [1.29, 1.82) is 0 Å². The lowest BCUT2D eigenvalue weighted by Crippen LogP contribution is -2.27. The van der Waals surface area contributed by atoms with Crippen LogP contribution in [0, 0.1) is 5.92 Å². The van der Waals surface area contributed by atoms with Crippen LogP contribution in [-0.4, -0.2) is 29.2 Å². The third-order valence-electron chi connectivity index (χ3n) is 2.67. The van der Waals surface area contributed by atoms with E-state index < -0.39 is 0 Å². The average molecular weight is 195 g/mol. The Bertz CT molecular complexity index is 260. The summed E-state index contributed by atoms with van der Waals surface area (Å²) in [5.41, 5.74) is 0.